The van der Waals surface area contributed by atoms with Crippen LogP contribution in [0.25, 0.3) is 0 Å². The highest BCUT2D eigenvalue weighted by Crippen LogP contribution is 2.37. The van der Waals surface area contributed by atoms with E-state index in [-0.39, 0.29) is 9.90 Å². The molecule has 0 saturated carbocycles. The highest BCUT2D eigenvalue weighted by Gasteiger charge is 2.20. The summed E-state index contributed by atoms with van der Waals surface area (Å²) in [6.07, 6.45) is 0.980. The zero-order valence-corrected chi connectivity index (χ0v) is 13.2. The van der Waals surface area contributed by atoms with Gasteiger partial charge in [-0.2, -0.15) is 0 Å². The van der Waals surface area contributed by atoms with Gasteiger partial charge in [0.2, 0.25) is 0 Å². The molecule has 108 valence electrons. The maximum absolute atomic E-state index is 11.7. The number of urea groups is 1. The number of carbonyl (C=O) groups is 1. The van der Waals surface area contributed by atoms with E-state index < -0.39 is 21.6 Å². The summed E-state index contributed by atoms with van der Waals surface area (Å²) in [7, 11) is -3.53. The van der Waals surface area contributed by atoms with Crippen LogP contribution in [0.5, 0.6) is 5.75 Å². The van der Waals surface area contributed by atoms with Crippen LogP contribution >= 0.6 is 34.3 Å². The number of rotatable bonds is 3. The second kappa shape index (κ2) is 5.60. The smallest absolute Gasteiger partial charge is 0.323 e. The van der Waals surface area contributed by atoms with Gasteiger partial charge >= 0.3 is 6.03 Å². The zero-order valence-electron chi connectivity index (χ0n) is 10.0. The summed E-state index contributed by atoms with van der Waals surface area (Å²) in [5, 5.41) is 17.7. The Morgan fingerprint density at radius 1 is 1.30 bits per heavy atom. The highest BCUT2D eigenvalue weighted by molar-refractivity contribution is 7.92. The number of hydrogen-bond acceptors (Lipinski definition) is 6. The molecule has 0 saturated heterocycles. The van der Waals surface area contributed by atoms with Crippen molar-refractivity contribution in [3.63, 3.8) is 0 Å². The van der Waals surface area contributed by atoms with E-state index >= 15 is 0 Å². The van der Waals surface area contributed by atoms with Crippen LogP contribution in [0.3, 0.4) is 0 Å². The lowest BCUT2D eigenvalue weighted by Gasteiger charge is -2.05. The van der Waals surface area contributed by atoms with E-state index in [1.54, 1.807) is 11.4 Å². The number of thiophene rings is 2. The molecule has 0 spiro atoms. The number of anilines is 2. The Bertz CT molecular complexity index is 750. The summed E-state index contributed by atoms with van der Waals surface area (Å²) >= 11 is 7.92. The summed E-state index contributed by atoms with van der Waals surface area (Å²) in [6, 6.07) is 1.00. The van der Waals surface area contributed by atoms with Crippen molar-refractivity contribution in [3.8, 4) is 5.75 Å². The summed E-state index contributed by atoms with van der Waals surface area (Å²) in [5.74, 6) is -0.468. The molecule has 2 amide bonds. The summed E-state index contributed by atoms with van der Waals surface area (Å²) in [5.41, 5.74) is 0.464. The number of carbonyl (C=O) groups excluding carboxylic acids is 1. The van der Waals surface area contributed by atoms with E-state index in [1.807, 2.05) is 0 Å². The average Bonchev–Trinajstić information content (AvgIpc) is 2.87. The van der Waals surface area contributed by atoms with Gasteiger partial charge in [0.1, 0.15) is 4.34 Å². The lowest BCUT2D eigenvalue weighted by Crippen LogP contribution is -2.18. The number of hydrogen-bond donors (Lipinski definition) is 3. The normalized spacial score (nSPS) is 11.3. The standard InChI is InChI=1S/C10H9ClN2O4S3/c1-20(16,17)9-7(14)6(4-19-9)13-10(15)12-5-2-3-18-8(5)11/h2-4,14H,1H3,(H2,12,13,15). The van der Waals surface area contributed by atoms with Gasteiger partial charge in [0.25, 0.3) is 0 Å². The van der Waals surface area contributed by atoms with E-state index in [0.29, 0.717) is 10.0 Å². The molecule has 10 heteroatoms. The van der Waals surface area contributed by atoms with Crippen molar-refractivity contribution in [2.24, 2.45) is 0 Å². The van der Waals surface area contributed by atoms with Gasteiger partial charge in [-0.25, -0.2) is 13.2 Å². The molecule has 2 heterocycles. The molecule has 2 aromatic rings. The minimum Gasteiger partial charge on any atom is -0.504 e. The van der Waals surface area contributed by atoms with Crippen molar-refractivity contribution >= 4 is 61.5 Å². The first kappa shape index (κ1) is 15.1. The van der Waals surface area contributed by atoms with Crippen molar-refractivity contribution < 1.29 is 18.3 Å². The molecule has 2 rings (SSSR count). The minimum atomic E-state index is -3.53. The molecule has 0 aliphatic rings. The van der Waals surface area contributed by atoms with Crippen LogP contribution in [0.4, 0.5) is 16.2 Å². The molecule has 3 N–H and O–H groups in total. The Balaban J connectivity index is 2.13. The summed E-state index contributed by atoms with van der Waals surface area (Å²) in [4.78, 5) is 11.7. The Morgan fingerprint density at radius 3 is 2.45 bits per heavy atom. The third-order valence-electron chi connectivity index (χ3n) is 2.18. The predicted octanol–water partition coefficient (Wildman–Crippen LogP) is 3.22. The first-order chi connectivity index (χ1) is 9.29. The van der Waals surface area contributed by atoms with Gasteiger partial charge in [0, 0.05) is 11.6 Å². The van der Waals surface area contributed by atoms with Crippen LogP contribution in [0.2, 0.25) is 4.34 Å². The van der Waals surface area contributed by atoms with Gasteiger partial charge in [0.15, 0.2) is 19.8 Å². The van der Waals surface area contributed by atoms with Crippen molar-refractivity contribution in [2.45, 2.75) is 4.21 Å². The van der Waals surface area contributed by atoms with E-state index in [2.05, 4.69) is 10.6 Å². The van der Waals surface area contributed by atoms with Crippen LogP contribution in [0, 0.1) is 0 Å². The number of sulfone groups is 1. The van der Waals surface area contributed by atoms with Crippen molar-refractivity contribution in [1.82, 2.24) is 0 Å². The lowest BCUT2D eigenvalue weighted by molar-refractivity contribution is 0.262. The topological polar surface area (TPSA) is 95.5 Å². The molecule has 0 aliphatic heterocycles. The van der Waals surface area contributed by atoms with Gasteiger partial charge < -0.3 is 15.7 Å². The molecule has 0 radical (unpaired) electrons. The van der Waals surface area contributed by atoms with Gasteiger partial charge in [-0.15, -0.1) is 22.7 Å². The van der Waals surface area contributed by atoms with Crippen LogP contribution in [0.15, 0.2) is 21.0 Å². The molecule has 20 heavy (non-hydrogen) atoms. The van der Waals surface area contributed by atoms with Crippen LogP contribution in [-0.4, -0.2) is 25.8 Å². The van der Waals surface area contributed by atoms with Gasteiger partial charge in [-0.3, -0.25) is 0 Å². The van der Waals surface area contributed by atoms with Crippen LogP contribution < -0.4 is 10.6 Å². The minimum absolute atomic E-state index is 0.0271. The first-order valence-corrected chi connectivity index (χ1v) is 9.13. The fourth-order valence-corrected chi connectivity index (χ4v) is 4.10. The molecular weight excluding hydrogens is 344 g/mol. The van der Waals surface area contributed by atoms with Crippen LogP contribution in [0.1, 0.15) is 0 Å². The Kier molecular flexibility index (Phi) is 4.23. The van der Waals surface area contributed by atoms with Crippen molar-refractivity contribution in [2.75, 3.05) is 16.9 Å². The third-order valence-corrected chi connectivity index (χ3v) is 6.18. The molecule has 0 unspecified atom stereocenters. The highest BCUT2D eigenvalue weighted by atomic mass is 35.5. The molecule has 0 atom stereocenters. The molecule has 2 aromatic heterocycles. The predicted molar refractivity (Wildman–Crippen MR) is 81.1 cm³/mol. The number of nitrogens with one attached hydrogen (secondary N) is 2. The van der Waals surface area contributed by atoms with E-state index in [0.717, 1.165) is 17.6 Å². The quantitative estimate of drug-likeness (QED) is 0.790. The second-order valence-corrected chi connectivity index (χ2v) is 8.35. The maximum atomic E-state index is 11.7. The van der Waals surface area contributed by atoms with Gasteiger partial charge in [-0.1, -0.05) is 11.6 Å². The fourth-order valence-electron chi connectivity index (χ4n) is 1.34. The molecule has 0 aromatic carbocycles. The second-order valence-electron chi connectivity index (χ2n) is 3.74. The molecule has 6 nitrogen and oxygen atoms in total. The largest absolute Gasteiger partial charge is 0.504 e. The Morgan fingerprint density at radius 2 is 1.95 bits per heavy atom. The Labute approximate surface area is 127 Å². The SMILES string of the molecule is CS(=O)(=O)c1scc(NC(=O)Nc2ccsc2Cl)c1O. The van der Waals surface area contributed by atoms with Gasteiger partial charge in [0.05, 0.1) is 11.4 Å². The summed E-state index contributed by atoms with van der Waals surface area (Å²) < 4.78 is 22.9. The number of aromatic hydroxyl groups is 1. The van der Waals surface area contributed by atoms with E-state index in [9.17, 15) is 18.3 Å². The zero-order chi connectivity index (χ0) is 14.9. The molecule has 0 bridgehead atoms. The maximum Gasteiger partial charge on any atom is 0.323 e. The van der Waals surface area contributed by atoms with Gasteiger partial charge in [-0.05, 0) is 11.4 Å². The average molecular weight is 353 g/mol. The monoisotopic (exact) mass is 352 g/mol. The number of amides is 2. The summed E-state index contributed by atoms with van der Waals surface area (Å²) in [6.45, 7) is 0. The van der Waals surface area contributed by atoms with Crippen LogP contribution in [-0.2, 0) is 9.84 Å². The van der Waals surface area contributed by atoms with Crippen molar-refractivity contribution in [3.05, 3.63) is 21.2 Å². The van der Waals surface area contributed by atoms with E-state index in [1.165, 1.54) is 16.7 Å². The Hall–Kier alpha value is -1.29. The fraction of sp³-hybridized carbons (Fsp3) is 0.100. The molecular formula is C10H9ClN2O4S3. The molecule has 0 fully saturated rings. The molecule has 0 aliphatic carbocycles. The first-order valence-electron chi connectivity index (χ1n) is 5.10. The van der Waals surface area contributed by atoms with Crippen molar-refractivity contribution in [1.29, 1.82) is 0 Å². The third kappa shape index (κ3) is 3.23. The lowest BCUT2D eigenvalue weighted by atomic mass is 10.5. The number of halogens is 1. The van der Waals surface area contributed by atoms with E-state index in [4.69, 9.17) is 11.6 Å².